The summed E-state index contributed by atoms with van der Waals surface area (Å²) >= 11 is 0. The summed E-state index contributed by atoms with van der Waals surface area (Å²) < 4.78 is 5.04. The largest absolute Gasteiger partial charge is 0.385 e. The molecule has 0 amide bonds. The average Bonchev–Trinajstić information content (AvgIpc) is 2.74. The van der Waals surface area contributed by atoms with E-state index in [9.17, 15) is 0 Å². The number of rotatable bonds is 7. The molecule has 0 radical (unpaired) electrons. The van der Waals surface area contributed by atoms with Crippen LogP contribution in [0.4, 0.5) is 0 Å². The lowest BCUT2D eigenvalue weighted by molar-refractivity contribution is 0.183. The van der Waals surface area contributed by atoms with Crippen LogP contribution in [0, 0.1) is 0 Å². The number of aromatic amines is 1. The van der Waals surface area contributed by atoms with Crippen molar-refractivity contribution in [3.05, 3.63) is 11.6 Å². The molecule has 0 aliphatic carbocycles. The minimum atomic E-state index is 0.170. The first-order chi connectivity index (χ1) is 7.67. The number of ether oxygens (including phenoxy) is 1. The summed E-state index contributed by atoms with van der Waals surface area (Å²) in [5.41, 5.74) is 0. The summed E-state index contributed by atoms with van der Waals surface area (Å²) in [6, 6.07) is 0.571. The van der Waals surface area contributed by atoms with Crippen molar-refractivity contribution in [3.8, 4) is 0 Å². The molecule has 1 aromatic heterocycles. The van der Waals surface area contributed by atoms with Crippen LogP contribution < -0.4 is 5.32 Å². The Kier molecular flexibility index (Phi) is 5.42. The molecule has 2 atom stereocenters. The fraction of sp³-hybridized carbons (Fsp3) is 0.818. The standard InChI is InChI=1S/C11H22N4O/c1-5-10-13-11(15-14-10)9(3)12-8(2)6-7-16-4/h8-9,12H,5-7H2,1-4H3,(H,13,14,15). The molecule has 16 heavy (non-hydrogen) atoms. The fourth-order valence-corrected chi connectivity index (χ4v) is 1.54. The Hall–Kier alpha value is -0.940. The Morgan fingerprint density at radius 2 is 2.19 bits per heavy atom. The Morgan fingerprint density at radius 1 is 1.44 bits per heavy atom. The van der Waals surface area contributed by atoms with Crippen LogP contribution in [0.1, 0.15) is 44.9 Å². The van der Waals surface area contributed by atoms with E-state index in [2.05, 4.69) is 41.3 Å². The zero-order chi connectivity index (χ0) is 12.0. The van der Waals surface area contributed by atoms with Gasteiger partial charge in [-0.1, -0.05) is 6.92 Å². The highest BCUT2D eigenvalue weighted by Gasteiger charge is 2.13. The van der Waals surface area contributed by atoms with Gasteiger partial charge in [0.2, 0.25) is 0 Å². The molecule has 5 nitrogen and oxygen atoms in total. The summed E-state index contributed by atoms with van der Waals surface area (Å²) in [7, 11) is 1.72. The minimum Gasteiger partial charge on any atom is -0.385 e. The van der Waals surface area contributed by atoms with Gasteiger partial charge in [0.15, 0.2) is 5.82 Å². The SMILES string of the molecule is CCc1nc(C(C)NC(C)CCOC)n[nH]1. The van der Waals surface area contributed by atoms with Gasteiger partial charge < -0.3 is 10.1 Å². The number of hydrogen-bond donors (Lipinski definition) is 2. The van der Waals surface area contributed by atoms with E-state index in [0.717, 1.165) is 31.1 Å². The van der Waals surface area contributed by atoms with Crippen LogP contribution in [-0.2, 0) is 11.2 Å². The fourth-order valence-electron chi connectivity index (χ4n) is 1.54. The van der Waals surface area contributed by atoms with Crippen LogP contribution in [-0.4, -0.2) is 34.9 Å². The summed E-state index contributed by atoms with van der Waals surface area (Å²) in [5, 5.41) is 10.6. The maximum Gasteiger partial charge on any atom is 0.167 e. The molecule has 0 bridgehead atoms. The molecule has 5 heteroatoms. The Morgan fingerprint density at radius 3 is 2.75 bits per heavy atom. The van der Waals surface area contributed by atoms with E-state index in [-0.39, 0.29) is 6.04 Å². The van der Waals surface area contributed by atoms with Crippen LogP contribution in [0.5, 0.6) is 0 Å². The smallest absolute Gasteiger partial charge is 0.167 e. The van der Waals surface area contributed by atoms with Crippen molar-refractivity contribution < 1.29 is 4.74 Å². The zero-order valence-corrected chi connectivity index (χ0v) is 10.6. The highest BCUT2D eigenvalue weighted by atomic mass is 16.5. The number of aryl methyl sites for hydroxylation is 1. The molecule has 0 fully saturated rings. The summed E-state index contributed by atoms with van der Waals surface area (Å²) in [6.45, 7) is 7.05. The number of hydrogen-bond acceptors (Lipinski definition) is 4. The normalized spacial score (nSPS) is 15.0. The molecule has 0 aromatic carbocycles. The van der Waals surface area contributed by atoms with Crippen LogP contribution in [0.15, 0.2) is 0 Å². The van der Waals surface area contributed by atoms with Gasteiger partial charge in [0, 0.05) is 26.2 Å². The number of nitrogens with one attached hydrogen (secondary N) is 2. The number of H-pyrrole nitrogens is 1. The second-order valence-corrected chi connectivity index (χ2v) is 4.06. The Balaban J connectivity index is 2.41. The molecule has 2 N–H and O–H groups in total. The van der Waals surface area contributed by atoms with Crippen molar-refractivity contribution in [1.82, 2.24) is 20.5 Å². The van der Waals surface area contributed by atoms with E-state index in [4.69, 9.17) is 4.74 Å². The van der Waals surface area contributed by atoms with Gasteiger partial charge in [-0.3, -0.25) is 5.10 Å². The lowest BCUT2D eigenvalue weighted by Crippen LogP contribution is -2.30. The predicted octanol–water partition coefficient (Wildman–Crippen LogP) is 1.44. The maximum atomic E-state index is 5.04. The molecule has 1 aromatic rings. The summed E-state index contributed by atoms with van der Waals surface area (Å²) in [4.78, 5) is 4.40. The summed E-state index contributed by atoms with van der Waals surface area (Å²) in [5.74, 6) is 1.77. The monoisotopic (exact) mass is 226 g/mol. The van der Waals surface area contributed by atoms with Crippen LogP contribution in [0.25, 0.3) is 0 Å². The second-order valence-electron chi connectivity index (χ2n) is 4.06. The van der Waals surface area contributed by atoms with Gasteiger partial charge in [-0.25, -0.2) is 4.98 Å². The highest BCUT2D eigenvalue weighted by Crippen LogP contribution is 2.08. The van der Waals surface area contributed by atoms with Crippen molar-refractivity contribution in [2.75, 3.05) is 13.7 Å². The Bertz CT molecular complexity index is 300. The van der Waals surface area contributed by atoms with E-state index in [1.165, 1.54) is 0 Å². The lowest BCUT2D eigenvalue weighted by atomic mass is 10.2. The van der Waals surface area contributed by atoms with Gasteiger partial charge in [0.25, 0.3) is 0 Å². The van der Waals surface area contributed by atoms with E-state index < -0.39 is 0 Å². The molecule has 0 spiro atoms. The molecule has 0 saturated carbocycles. The van der Waals surface area contributed by atoms with E-state index in [0.29, 0.717) is 6.04 Å². The van der Waals surface area contributed by atoms with Gasteiger partial charge in [-0.15, -0.1) is 0 Å². The molecular formula is C11H22N4O. The van der Waals surface area contributed by atoms with Crippen molar-refractivity contribution in [1.29, 1.82) is 0 Å². The molecule has 92 valence electrons. The molecule has 0 saturated heterocycles. The van der Waals surface area contributed by atoms with Crippen molar-refractivity contribution in [3.63, 3.8) is 0 Å². The van der Waals surface area contributed by atoms with Crippen LogP contribution in [0.2, 0.25) is 0 Å². The summed E-state index contributed by atoms with van der Waals surface area (Å²) in [6.07, 6.45) is 1.88. The lowest BCUT2D eigenvalue weighted by Gasteiger charge is -2.17. The van der Waals surface area contributed by atoms with Crippen molar-refractivity contribution >= 4 is 0 Å². The van der Waals surface area contributed by atoms with Gasteiger partial charge in [0.05, 0.1) is 6.04 Å². The van der Waals surface area contributed by atoms with Crippen LogP contribution in [0.3, 0.4) is 0 Å². The van der Waals surface area contributed by atoms with Crippen molar-refractivity contribution in [2.45, 2.75) is 45.7 Å². The third-order valence-corrected chi connectivity index (χ3v) is 2.56. The van der Waals surface area contributed by atoms with Gasteiger partial charge in [-0.05, 0) is 20.3 Å². The van der Waals surface area contributed by atoms with Crippen molar-refractivity contribution in [2.24, 2.45) is 0 Å². The zero-order valence-electron chi connectivity index (χ0n) is 10.6. The first kappa shape index (κ1) is 13.1. The minimum absolute atomic E-state index is 0.170. The topological polar surface area (TPSA) is 62.8 Å². The molecule has 1 heterocycles. The molecule has 0 aliphatic heterocycles. The molecule has 2 unspecified atom stereocenters. The van der Waals surface area contributed by atoms with Crippen LogP contribution >= 0.6 is 0 Å². The predicted molar refractivity (Wildman–Crippen MR) is 63.3 cm³/mol. The first-order valence-electron chi connectivity index (χ1n) is 5.83. The third kappa shape index (κ3) is 3.90. The highest BCUT2D eigenvalue weighted by molar-refractivity contribution is 4.95. The number of nitrogens with zero attached hydrogens (tertiary/aromatic N) is 2. The molecule has 0 aliphatic rings. The number of aromatic nitrogens is 3. The van der Waals surface area contributed by atoms with Gasteiger partial charge in [-0.2, -0.15) is 5.10 Å². The first-order valence-corrected chi connectivity index (χ1v) is 5.83. The maximum absolute atomic E-state index is 5.04. The van der Waals surface area contributed by atoms with E-state index >= 15 is 0 Å². The second kappa shape index (κ2) is 6.60. The third-order valence-electron chi connectivity index (χ3n) is 2.56. The number of methoxy groups -OCH3 is 1. The van der Waals surface area contributed by atoms with Gasteiger partial charge in [0.1, 0.15) is 5.82 Å². The quantitative estimate of drug-likeness (QED) is 0.738. The average molecular weight is 226 g/mol. The molecule has 1 rings (SSSR count). The Labute approximate surface area is 97.0 Å². The van der Waals surface area contributed by atoms with E-state index in [1.54, 1.807) is 7.11 Å². The molecular weight excluding hydrogens is 204 g/mol. The van der Waals surface area contributed by atoms with E-state index in [1.807, 2.05) is 0 Å². The van der Waals surface area contributed by atoms with Gasteiger partial charge >= 0.3 is 0 Å².